The molecular weight excluding hydrogens is 222 g/mol. The molecule has 1 aliphatic carbocycles. The highest BCUT2D eigenvalue weighted by Gasteiger charge is 2.28. The minimum absolute atomic E-state index is 0.744. The van der Waals surface area contributed by atoms with Crippen LogP contribution in [-0.2, 0) is 0 Å². The number of likely N-dealkylation sites (N-methyl/N-ethyl adjacent to an activating group) is 2. The molecule has 0 bridgehead atoms. The predicted octanol–water partition coefficient (Wildman–Crippen LogP) is 1.89. The van der Waals surface area contributed by atoms with Crippen LogP contribution in [0.5, 0.6) is 0 Å². The molecule has 0 amide bonds. The van der Waals surface area contributed by atoms with Crippen LogP contribution in [0.3, 0.4) is 0 Å². The van der Waals surface area contributed by atoms with Crippen molar-refractivity contribution in [3.8, 4) is 0 Å². The molecule has 3 heteroatoms. The van der Waals surface area contributed by atoms with E-state index in [1.54, 1.807) is 0 Å². The van der Waals surface area contributed by atoms with Crippen LogP contribution >= 0.6 is 0 Å². The van der Waals surface area contributed by atoms with E-state index in [4.69, 9.17) is 0 Å². The van der Waals surface area contributed by atoms with E-state index in [1.165, 1.54) is 32.4 Å². The molecule has 0 saturated heterocycles. The molecular formula is C15H33N3. The summed E-state index contributed by atoms with van der Waals surface area (Å²) in [4.78, 5) is 4.77. The first kappa shape index (κ1) is 15.9. The maximum Gasteiger partial charge on any atom is 0.0108 e. The van der Waals surface area contributed by atoms with Crippen LogP contribution in [-0.4, -0.2) is 63.2 Å². The second kappa shape index (κ2) is 8.13. The molecule has 3 unspecified atom stereocenters. The minimum Gasteiger partial charge on any atom is -0.314 e. The van der Waals surface area contributed by atoms with E-state index >= 15 is 0 Å². The first-order valence-electron chi connectivity index (χ1n) is 7.59. The van der Waals surface area contributed by atoms with Gasteiger partial charge in [-0.25, -0.2) is 0 Å². The van der Waals surface area contributed by atoms with Gasteiger partial charge in [0.15, 0.2) is 0 Å². The van der Waals surface area contributed by atoms with Gasteiger partial charge in [-0.1, -0.05) is 13.8 Å². The lowest BCUT2D eigenvalue weighted by Crippen LogP contribution is -2.45. The summed E-state index contributed by atoms with van der Waals surface area (Å²) < 4.78 is 0. The molecule has 3 nitrogen and oxygen atoms in total. The Hall–Kier alpha value is -0.120. The molecule has 0 aromatic heterocycles. The summed E-state index contributed by atoms with van der Waals surface area (Å²) in [5, 5.41) is 3.69. The van der Waals surface area contributed by atoms with Crippen LogP contribution < -0.4 is 5.32 Å². The Labute approximate surface area is 114 Å². The zero-order valence-corrected chi connectivity index (χ0v) is 13.1. The molecule has 0 spiro atoms. The van der Waals surface area contributed by atoms with Gasteiger partial charge in [-0.2, -0.15) is 0 Å². The SMILES string of the molecule is CCNC1CCC(C)CC1CN(C)CCN(C)C. The van der Waals surface area contributed by atoms with Crippen molar-refractivity contribution in [3.05, 3.63) is 0 Å². The van der Waals surface area contributed by atoms with Crippen molar-refractivity contribution < 1.29 is 0 Å². The summed E-state index contributed by atoms with van der Waals surface area (Å²) in [6.45, 7) is 9.33. The van der Waals surface area contributed by atoms with Crippen LogP contribution in [0.25, 0.3) is 0 Å². The van der Waals surface area contributed by atoms with Gasteiger partial charge in [-0.3, -0.25) is 0 Å². The van der Waals surface area contributed by atoms with Crippen LogP contribution in [0.1, 0.15) is 33.1 Å². The van der Waals surface area contributed by atoms with Gasteiger partial charge in [0.1, 0.15) is 0 Å². The van der Waals surface area contributed by atoms with Gasteiger partial charge in [-0.15, -0.1) is 0 Å². The van der Waals surface area contributed by atoms with Crippen molar-refractivity contribution in [2.24, 2.45) is 11.8 Å². The summed E-state index contributed by atoms with van der Waals surface area (Å²) in [5.74, 6) is 1.74. The van der Waals surface area contributed by atoms with Gasteiger partial charge < -0.3 is 15.1 Å². The van der Waals surface area contributed by atoms with Gasteiger partial charge in [0, 0.05) is 25.7 Å². The monoisotopic (exact) mass is 255 g/mol. The van der Waals surface area contributed by atoms with Crippen molar-refractivity contribution in [1.29, 1.82) is 0 Å². The van der Waals surface area contributed by atoms with E-state index in [9.17, 15) is 0 Å². The van der Waals surface area contributed by atoms with Gasteiger partial charge in [0.25, 0.3) is 0 Å². The fourth-order valence-corrected chi connectivity index (χ4v) is 3.09. The number of hydrogen-bond donors (Lipinski definition) is 1. The maximum absolute atomic E-state index is 3.69. The third-order valence-electron chi connectivity index (χ3n) is 4.19. The fourth-order valence-electron chi connectivity index (χ4n) is 3.09. The highest BCUT2D eigenvalue weighted by atomic mass is 15.2. The van der Waals surface area contributed by atoms with Gasteiger partial charge in [-0.05, 0) is 58.8 Å². The Morgan fingerprint density at radius 2 is 1.83 bits per heavy atom. The van der Waals surface area contributed by atoms with Crippen LogP contribution in [0, 0.1) is 11.8 Å². The highest BCUT2D eigenvalue weighted by Crippen LogP contribution is 2.29. The van der Waals surface area contributed by atoms with Gasteiger partial charge in [0.05, 0.1) is 0 Å². The van der Waals surface area contributed by atoms with Crippen LogP contribution in [0.4, 0.5) is 0 Å². The lowest BCUT2D eigenvalue weighted by atomic mass is 9.78. The molecule has 18 heavy (non-hydrogen) atoms. The van der Waals surface area contributed by atoms with E-state index in [0.717, 1.165) is 31.0 Å². The zero-order chi connectivity index (χ0) is 13.5. The zero-order valence-electron chi connectivity index (χ0n) is 13.1. The predicted molar refractivity (Wildman–Crippen MR) is 80.0 cm³/mol. The van der Waals surface area contributed by atoms with Crippen molar-refractivity contribution in [2.75, 3.05) is 47.3 Å². The Morgan fingerprint density at radius 3 is 2.44 bits per heavy atom. The molecule has 3 atom stereocenters. The van der Waals surface area contributed by atoms with Crippen LogP contribution in [0.15, 0.2) is 0 Å². The maximum atomic E-state index is 3.69. The average Bonchev–Trinajstić information content (AvgIpc) is 2.30. The Balaban J connectivity index is 2.39. The molecule has 1 aliphatic rings. The van der Waals surface area contributed by atoms with E-state index in [1.807, 2.05) is 0 Å². The van der Waals surface area contributed by atoms with Crippen LogP contribution in [0.2, 0.25) is 0 Å². The van der Waals surface area contributed by atoms with Crippen molar-refractivity contribution in [3.63, 3.8) is 0 Å². The van der Waals surface area contributed by atoms with E-state index in [-0.39, 0.29) is 0 Å². The third-order valence-corrected chi connectivity index (χ3v) is 4.19. The normalized spacial score (nSPS) is 29.2. The molecule has 1 rings (SSSR count). The lowest BCUT2D eigenvalue weighted by molar-refractivity contribution is 0.156. The highest BCUT2D eigenvalue weighted by molar-refractivity contribution is 4.85. The molecule has 108 valence electrons. The van der Waals surface area contributed by atoms with Gasteiger partial charge >= 0.3 is 0 Å². The second-order valence-electron chi connectivity index (χ2n) is 6.41. The summed E-state index contributed by atoms with van der Waals surface area (Å²) >= 11 is 0. The average molecular weight is 255 g/mol. The van der Waals surface area contributed by atoms with Gasteiger partial charge in [0.2, 0.25) is 0 Å². The first-order valence-corrected chi connectivity index (χ1v) is 7.59. The summed E-state index contributed by atoms with van der Waals surface area (Å²) in [7, 11) is 6.57. The number of nitrogens with zero attached hydrogens (tertiary/aromatic N) is 2. The summed E-state index contributed by atoms with van der Waals surface area (Å²) in [5.41, 5.74) is 0. The Kier molecular flexibility index (Phi) is 7.20. The quantitative estimate of drug-likeness (QED) is 0.749. The molecule has 1 saturated carbocycles. The Morgan fingerprint density at radius 1 is 1.11 bits per heavy atom. The third kappa shape index (κ3) is 5.68. The van der Waals surface area contributed by atoms with E-state index < -0.39 is 0 Å². The van der Waals surface area contributed by atoms with Crippen molar-refractivity contribution in [2.45, 2.75) is 39.2 Å². The summed E-state index contributed by atoms with van der Waals surface area (Å²) in [6, 6.07) is 0.744. The van der Waals surface area contributed by atoms with Crippen molar-refractivity contribution >= 4 is 0 Å². The fraction of sp³-hybridized carbons (Fsp3) is 1.00. The van der Waals surface area contributed by atoms with E-state index in [0.29, 0.717) is 0 Å². The molecule has 0 heterocycles. The first-order chi connectivity index (χ1) is 8.52. The largest absolute Gasteiger partial charge is 0.314 e. The smallest absolute Gasteiger partial charge is 0.0108 e. The van der Waals surface area contributed by atoms with Crippen molar-refractivity contribution in [1.82, 2.24) is 15.1 Å². The molecule has 1 N–H and O–H groups in total. The lowest BCUT2D eigenvalue weighted by Gasteiger charge is -2.37. The minimum atomic E-state index is 0.744. The second-order valence-corrected chi connectivity index (χ2v) is 6.41. The topological polar surface area (TPSA) is 18.5 Å². The molecule has 0 aliphatic heterocycles. The molecule has 0 aromatic carbocycles. The molecule has 0 radical (unpaired) electrons. The number of nitrogens with one attached hydrogen (secondary N) is 1. The standard InChI is InChI=1S/C15H33N3/c1-6-16-15-8-7-13(2)11-14(15)12-18(5)10-9-17(3)4/h13-16H,6-12H2,1-5H3. The Bertz CT molecular complexity index is 218. The summed E-state index contributed by atoms with van der Waals surface area (Å²) in [6.07, 6.45) is 4.15. The molecule has 0 aromatic rings. The van der Waals surface area contributed by atoms with E-state index in [2.05, 4.69) is 50.1 Å². The number of hydrogen-bond acceptors (Lipinski definition) is 3. The molecule has 1 fully saturated rings. The number of rotatable bonds is 7.